The number of benzene rings is 3. The largest absolute Gasteiger partial charge is 0.493 e. The summed E-state index contributed by atoms with van der Waals surface area (Å²) in [6.45, 7) is 1.76. The molecule has 2 atom stereocenters. The van der Waals surface area contributed by atoms with Crippen LogP contribution in [0.2, 0.25) is 25.1 Å². The smallest absolute Gasteiger partial charge is 0.264 e. The summed E-state index contributed by atoms with van der Waals surface area (Å²) < 4.78 is 16.5. The van der Waals surface area contributed by atoms with Gasteiger partial charge in [0.1, 0.15) is 6.04 Å². The van der Waals surface area contributed by atoms with E-state index in [-0.39, 0.29) is 31.2 Å². The van der Waals surface area contributed by atoms with Crippen molar-refractivity contribution >= 4 is 81.4 Å². The molecule has 3 amide bonds. The maximum absolute atomic E-state index is 13.9. The van der Waals surface area contributed by atoms with Crippen molar-refractivity contribution in [2.75, 3.05) is 26.2 Å². The maximum atomic E-state index is 13.9. The molecule has 0 bridgehead atoms. The first kappa shape index (κ1) is 28.6. The third-order valence-electron chi connectivity index (χ3n) is 7.01. The topological polar surface area (TPSA) is 85.4 Å². The van der Waals surface area contributed by atoms with Crippen LogP contribution in [0.1, 0.15) is 37.9 Å². The normalized spacial score (nSPS) is 18.2. The summed E-state index contributed by atoms with van der Waals surface area (Å²) in [5.41, 5.74) is 1.16. The molecule has 3 aromatic carbocycles. The molecule has 0 radical (unpaired) electrons. The predicted molar refractivity (Wildman–Crippen MR) is 153 cm³/mol. The monoisotopic (exact) mass is 642 g/mol. The molecule has 3 aromatic rings. The highest BCUT2D eigenvalue weighted by Gasteiger charge is 2.59. The minimum atomic E-state index is -1.29. The van der Waals surface area contributed by atoms with E-state index >= 15 is 0 Å². The highest BCUT2D eigenvalue weighted by atomic mass is 35.5. The van der Waals surface area contributed by atoms with Crippen LogP contribution in [0.5, 0.6) is 17.2 Å². The molecule has 0 unspecified atom stereocenters. The molecule has 0 aromatic heterocycles. The quantitative estimate of drug-likeness (QED) is 0.124. The van der Waals surface area contributed by atoms with E-state index < -0.39 is 29.8 Å². The Hall–Kier alpha value is -2.88. The zero-order valence-corrected chi connectivity index (χ0v) is 25.1. The van der Waals surface area contributed by atoms with E-state index in [2.05, 4.69) is 0 Å². The molecule has 0 aliphatic carbocycles. The molecule has 1 saturated heterocycles. The van der Waals surface area contributed by atoms with Crippen LogP contribution in [0.4, 0.5) is 5.69 Å². The lowest BCUT2D eigenvalue weighted by atomic mass is 9.85. The zero-order valence-electron chi connectivity index (χ0n) is 21.3. The Bertz CT molecular complexity index is 1560. The van der Waals surface area contributed by atoms with Crippen molar-refractivity contribution in [2.24, 2.45) is 0 Å². The molecule has 1 fully saturated rings. The van der Waals surface area contributed by atoms with Crippen molar-refractivity contribution in [1.29, 1.82) is 0 Å². The molecule has 0 spiro atoms. The molecule has 40 heavy (non-hydrogen) atoms. The molecule has 208 valence electrons. The van der Waals surface area contributed by atoms with Gasteiger partial charge in [0.15, 0.2) is 11.5 Å². The average Bonchev–Trinajstić information content (AvgIpc) is 3.20. The van der Waals surface area contributed by atoms with Gasteiger partial charge in [-0.05, 0) is 42.3 Å². The Kier molecular flexibility index (Phi) is 7.52. The van der Waals surface area contributed by atoms with Gasteiger partial charge >= 0.3 is 0 Å². The van der Waals surface area contributed by atoms with Gasteiger partial charge in [-0.3, -0.25) is 19.3 Å². The minimum absolute atomic E-state index is 0.174. The Morgan fingerprint density at radius 2 is 1.23 bits per heavy atom. The number of β-lactam (4-membered cyclic amide) rings is 1. The molecular formula is C27H19Cl5N2O6. The van der Waals surface area contributed by atoms with Gasteiger partial charge in [0.2, 0.25) is 5.75 Å². The SMILES string of the molecule is COc1cc([C@@H]2[C@H](N3C(=O)c4c(Cl)c(Cl)c(Cl)c(Cl)c4C3=O)C(=O)N2c2cccc(Cl)c2C)cc(OC)c1OC. The molecule has 2 aliphatic rings. The second kappa shape index (κ2) is 10.5. The van der Waals surface area contributed by atoms with Gasteiger partial charge in [-0.2, -0.15) is 0 Å². The van der Waals surface area contributed by atoms with Gasteiger partial charge in [-0.15, -0.1) is 0 Å². The summed E-state index contributed by atoms with van der Waals surface area (Å²) in [6.07, 6.45) is 0. The lowest BCUT2D eigenvalue weighted by Crippen LogP contribution is -2.67. The van der Waals surface area contributed by atoms with Crippen LogP contribution in [-0.2, 0) is 4.79 Å². The molecule has 8 nitrogen and oxygen atoms in total. The number of halogens is 5. The molecule has 5 rings (SSSR count). The van der Waals surface area contributed by atoms with Crippen molar-refractivity contribution in [3.05, 3.63) is 77.7 Å². The lowest BCUT2D eigenvalue weighted by Gasteiger charge is -2.50. The van der Waals surface area contributed by atoms with Gasteiger partial charge in [0, 0.05) is 10.7 Å². The number of nitrogens with zero attached hydrogens (tertiary/aromatic N) is 2. The highest BCUT2D eigenvalue weighted by Crippen LogP contribution is 2.51. The average molecular weight is 645 g/mol. The first-order valence-corrected chi connectivity index (χ1v) is 13.5. The minimum Gasteiger partial charge on any atom is -0.493 e. The summed E-state index contributed by atoms with van der Waals surface area (Å²) in [7, 11) is 4.36. The molecule has 0 N–H and O–H groups in total. The molecule has 0 saturated carbocycles. The number of amides is 3. The standard InChI is InChI=1S/C27H19Cl5N2O6/c1-10-12(28)6-5-7-13(10)33-22(11-8-14(38-2)24(40-4)15(9-11)39-3)23(27(33)37)34-25(35)16-17(26(34)36)19(30)21(32)20(31)18(16)29/h5-9,22-23H,1-4H3/t22-,23+/m1/s1. The number of ether oxygens (including phenoxy) is 3. The Balaban J connectivity index is 1.71. The van der Waals surface area contributed by atoms with E-state index in [1.165, 1.54) is 26.2 Å². The predicted octanol–water partition coefficient (Wildman–Crippen LogP) is 7.04. The van der Waals surface area contributed by atoms with Crippen LogP contribution in [-0.4, -0.2) is 50.0 Å². The van der Waals surface area contributed by atoms with Crippen LogP contribution in [0.25, 0.3) is 0 Å². The number of hydrogen-bond donors (Lipinski definition) is 0. The summed E-state index contributed by atoms with van der Waals surface area (Å²) in [5, 5.41) is -0.378. The summed E-state index contributed by atoms with van der Waals surface area (Å²) in [4.78, 5) is 43.6. The highest BCUT2D eigenvalue weighted by molar-refractivity contribution is 6.55. The third-order valence-corrected chi connectivity index (χ3v) is 9.22. The van der Waals surface area contributed by atoms with Crippen molar-refractivity contribution < 1.29 is 28.6 Å². The first-order chi connectivity index (χ1) is 19.0. The Labute approximate surface area is 254 Å². The van der Waals surface area contributed by atoms with Gasteiger partial charge in [0.25, 0.3) is 17.7 Å². The lowest BCUT2D eigenvalue weighted by molar-refractivity contribution is -0.130. The molecule has 13 heteroatoms. The number of imide groups is 1. The van der Waals surface area contributed by atoms with E-state index in [0.29, 0.717) is 39.1 Å². The number of fused-ring (bicyclic) bond motifs is 1. The molecule has 2 aliphatic heterocycles. The summed E-state index contributed by atoms with van der Waals surface area (Å²) in [6, 6.07) is 6.22. The van der Waals surface area contributed by atoms with Gasteiger partial charge in [-0.25, -0.2) is 0 Å². The van der Waals surface area contributed by atoms with Crippen LogP contribution >= 0.6 is 58.0 Å². The second-order valence-electron chi connectivity index (χ2n) is 8.93. The van der Waals surface area contributed by atoms with Gasteiger partial charge in [-0.1, -0.05) is 64.1 Å². The number of anilines is 1. The fourth-order valence-electron chi connectivity index (χ4n) is 5.07. The van der Waals surface area contributed by atoms with E-state index in [4.69, 9.17) is 72.2 Å². The number of hydrogen-bond acceptors (Lipinski definition) is 6. The van der Waals surface area contributed by atoms with Crippen molar-refractivity contribution in [1.82, 2.24) is 4.90 Å². The van der Waals surface area contributed by atoms with Crippen molar-refractivity contribution in [3.63, 3.8) is 0 Å². The van der Waals surface area contributed by atoms with E-state index in [9.17, 15) is 14.4 Å². The number of rotatable bonds is 6. The second-order valence-corrected chi connectivity index (χ2v) is 10.8. The van der Waals surface area contributed by atoms with E-state index in [0.717, 1.165) is 4.90 Å². The van der Waals surface area contributed by atoms with Crippen LogP contribution in [0.3, 0.4) is 0 Å². The summed E-state index contributed by atoms with van der Waals surface area (Å²) in [5.74, 6) is -1.25. The Morgan fingerprint density at radius 1 is 0.700 bits per heavy atom. The number of carbonyl (C=O) groups is 3. The third kappa shape index (κ3) is 4.00. The molecule has 2 heterocycles. The summed E-state index contributed by atoms with van der Waals surface area (Å²) >= 11 is 31.4. The van der Waals surface area contributed by atoms with Crippen LogP contribution in [0.15, 0.2) is 30.3 Å². The fraction of sp³-hybridized carbons (Fsp3) is 0.222. The van der Waals surface area contributed by atoms with Crippen molar-refractivity contribution in [3.8, 4) is 17.2 Å². The van der Waals surface area contributed by atoms with Crippen LogP contribution in [0, 0.1) is 6.92 Å². The first-order valence-electron chi connectivity index (χ1n) is 11.6. The fourth-order valence-corrected chi connectivity index (χ4v) is 6.26. The van der Waals surface area contributed by atoms with Crippen LogP contribution < -0.4 is 19.1 Å². The van der Waals surface area contributed by atoms with E-state index in [1.807, 2.05) is 0 Å². The van der Waals surface area contributed by atoms with Crippen molar-refractivity contribution in [2.45, 2.75) is 19.0 Å². The van der Waals surface area contributed by atoms with Gasteiger partial charge in [0.05, 0.1) is 58.6 Å². The Morgan fingerprint density at radius 3 is 1.70 bits per heavy atom. The number of carbonyl (C=O) groups excluding carboxylic acids is 3. The van der Waals surface area contributed by atoms with Gasteiger partial charge < -0.3 is 19.1 Å². The molecular weight excluding hydrogens is 626 g/mol. The van der Waals surface area contributed by atoms with E-state index in [1.54, 1.807) is 37.3 Å². The zero-order chi connectivity index (χ0) is 29.2. The maximum Gasteiger partial charge on any atom is 0.264 e. The number of methoxy groups -OCH3 is 3.